The number of nitrogens with one attached hydrogen (secondary N) is 3. The van der Waals surface area contributed by atoms with Crippen LogP contribution >= 0.6 is 63.0 Å². The van der Waals surface area contributed by atoms with Gasteiger partial charge in [-0.05, 0) is 54.7 Å². The Kier molecular flexibility index (Phi) is 8.00. The van der Waals surface area contributed by atoms with Gasteiger partial charge in [-0.2, -0.15) is 0 Å². The van der Waals surface area contributed by atoms with Crippen molar-refractivity contribution in [2.24, 2.45) is 0 Å². The summed E-state index contributed by atoms with van der Waals surface area (Å²) in [7, 11) is 1.58. The number of benzene rings is 2. The van der Waals surface area contributed by atoms with Crippen molar-refractivity contribution in [3.63, 3.8) is 0 Å². The quantitative estimate of drug-likeness (QED) is 0.304. The summed E-state index contributed by atoms with van der Waals surface area (Å²) in [5.74, 6) is 0.284. The molecule has 5 nitrogen and oxygen atoms in total. The molecule has 0 aliphatic heterocycles. The van der Waals surface area contributed by atoms with E-state index in [1.54, 1.807) is 55.6 Å². The molecule has 0 aliphatic carbocycles. The van der Waals surface area contributed by atoms with E-state index < -0.39 is 15.9 Å². The minimum absolute atomic E-state index is 0.172. The average molecular weight is 512 g/mol. The molecule has 3 N–H and O–H groups in total. The van der Waals surface area contributed by atoms with Gasteiger partial charge in [0.15, 0.2) is 5.11 Å². The first-order chi connectivity index (χ1) is 12.7. The number of methoxy groups -OCH3 is 1. The second kappa shape index (κ2) is 9.80. The van der Waals surface area contributed by atoms with Crippen LogP contribution in [0.15, 0.2) is 53.0 Å². The molecule has 1 unspecified atom stereocenters. The molecule has 2 aromatic carbocycles. The van der Waals surface area contributed by atoms with Gasteiger partial charge in [0.1, 0.15) is 11.9 Å². The van der Waals surface area contributed by atoms with E-state index in [4.69, 9.17) is 51.8 Å². The third-order valence-electron chi connectivity index (χ3n) is 3.31. The van der Waals surface area contributed by atoms with Gasteiger partial charge < -0.3 is 20.7 Å². The van der Waals surface area contributed by atoms with Crippen molar-refractivity contribution in [3.8, 4) is 5.75 Å². The maximum atomic E-state index is 12.4. The first-order valence-corrected chi connectivity index (χ1v) is 9.87. The number of hydrogen-bond acceptors (Lipinski definition) is 3. The highest BCUT2D eigenvalue weighted by atomic mass is 79.9. The number of ether oxygens (including phenoxy) is 1. The average Bonchev–Trinajstić information content (AvgIpc) is 2.61. The van der Waals surface area contributed by atoms with Crippen LogP contribution in [0.4, 0.5) is 5.69 Å². The van der Waals surface area contributed by atoms with Crippen LogP contribution in [0.5, 0.6) is 5.75 Å². The lowest BCUT2D eigenvalue weighted by Crippen LogP contribution is -2.56. The van der Waals surface area contributed by atoms with Gasteiger partial charge in [-0.15, -0.1) is 0 Å². The maximum absolute atomic E-state index is 12.4. The normalized spacial score (nSPS) is 12.0. The summed E-state index contributed by atoms with van der Waals surface area (Å²) in [6, 6.07) is 13.9. The number of carbonyl (C=O) groups excluding carboxylic acids is 1. The Morgan fingerprint density at radius 1 is 1.15 bits per heavy atom. The summed E-state index contributed by atoms with van der Waals surface area (Å²) >= 11 is 26.5. The predicted molar refractivity (Wildman–Crippen MR) is 118 cm³/mol. The number of rotatable bonds is 5. The molecular formula is C17H15BrCl3N3O2S. The van der Waals surface area contributed by atoms with Gasteiger partial charge in [0, 0.05) is 15.7 Å². The summed E-state index contributed by atoms with van der Waals surface area (Å²) in [5, 5.41) is 8.54. The number of carbonyl (C=O) groups is 1. The van der Waals surface area contributed by atoms with Crippen LogP contribution in [0.25, 0.3) is 0 Å². The Bertz CT molecular complexity index is 816. The van der Waals surface area contributed by atoms with E-state index in [9.17, 15) is 4.79 Å². The van der Waals surface area contributed by atoms with E-state index in [1.807, 2.05) is 0 Å². The predicted octanol–water partition coefficient (Wildman–Crippen LogP) is 4.87. The molecule has 0 heterocycles. The first kappa shape index (κ1) is 22.0. The standard InChI is InChI=1S/C17H15BrCl3N3O2S/c1-26-13-7-5-12(6-8-13)22-16(27)24-15(17(19,20)21)23-14(25)10-3-2-4-11(18)9-10/h2-9,15H,1H3,(H,23,25)(H2,22,24,27). The van der Waals surface area contributed by atoms with Crippen molar-refractivity contribution >= 4 is 79.7 Å². The van der Waals surface area contributed by atoms with E-state index in [0.29, 0.717) is 17.0 Å². The molecule has 2 aromatic rings. The lowest BCUT2D eigenvalue weighted by molar-refractivity contribution is 0.0934. The highest BCUT2D eigenvalue weighted by Crippen LogP contribution is 2.29. The number of alkyl halides is 3. The van der Waals surface area contributed by atoms with E-state index in [-0.39, 0.29) is 5.11 Å². The van der Waals surface area contributed by atoms with Crippen molar-refractivity contribution in [2.45, 2.75) is 9.96 Å². The molecule has 10 heteroatoms. The zero-order chi connectivity index (χ0) is 20.0. The Labute approximate surface area is 185 Å². The maximum Gasteiger partial charge on any atom is 0.253 e. The zero-order valence-corrected chi connectivity index (χ0v) is 18.6. The number of halogens is 4. The highest BCUT2D eigenvalue weighted by Gasteiger charge is 2.34. The Hall–Kier alpha value is -1.25. The highest BCUT2D eigenvalue weighted by molar-refractivity contribution is 9.10. The van der Waals surface area contributed by atoms with Gasteiger partial charge >= 0.3 is 0 Å². The molecule has 27 heavy (non-hydrogen) atoms. The fourth-order valence-corrected chi connectivity index (χ4v) is 2.98. The van der Waals surface area contributed by atoms with Crippen LogP contribution in [0.2, 0.25) is 0 Å². The summed E-state index contributed by atoms with van der Waals surface area (Å²) in [6.07, 6.45) is -1.06. The van der Waals surface area contributed by atoms with E-state index in [0.717, 1.165) is 4.47 Å². The second-order valence-electron chi connectivity index (χ2n) is 5.29. The number of anilines is 1. The minimum Gasteiger partial charge on any atom is -0.497 e. The van der Waals surface area contributed by atoms with Crippen molar-refractivity contribution < 1.29 is 9.53 Å². The lowest BCUT2D eigenvalue weighted by atomic mass is 10.2. The summed E-state index contributed by atoms with van der Waals surface area (Å²) in [4.78, 5) is 12.4. The fourth-order valence-electron chi connectivity index (χ4n) is 2.02. The van der Waals surface area contributed by atoms with Gasteiger partial charge in [-0.3, -0.25) is 4.79 Å². The molecule has 2 rings (SSSR count). The number of hydrogen-bond donors (Lipinski definition) is 3. The van der Waals surface area contributed by atoms with Crippen LogP contribution in [-0.2, 0) is 0 Å². The summed E-state index contributed by atoms with van der Waals surface area (Å²) < 4.78 is 4.01. The summed E-state index contributed by atoms with van der Waals surface area (Å²) in [5.41, 5.74) is 1.11. The van der Waals surface area contributed by atoms with Crippen LogP contribution in [-0.4, -0.2) is 28.1 Å². The third kappa shape index (κ3) is 7.01. The lowest BCUT2D eigenvalue weighted by Gasteiger charge is -2.27. The Balaban J connectivity index is 2.05. The monoisotopic (exact) mass is 509 g/mol. The van der Waals surface area contributed by atoms with Gasteiger partial charge in [-0.25, -0.2) is 0 Å². The van der Waals surface area contributed by atoms with E-state index >= 15 is 0 Å². The minimum atomic E-state index is -1.84. The molecular weight excluding hydrogens is 497 g/mol. The summed E-state index contributed by atoms with van der Waals surface area (Å²) in [6.45, 7) is 0. The van der Waals surface area contributed by atoms with Crippen LogP contribution in [0.1, 0.15) is 10.4 Å². The smallest absolute Gasteiger partial charge is 0.253 e. The zero-order valence-electron chi connectivity index (χ0n) is 13.9. The van der Waals surface area contributed by atoms with Gasteiger partial charge in [0.05, 0.1) is 7.11 Å². The third-order valence-corrected chi connectivity index (χ3v) is 4.68. The number of amides is 1. The van der Waals surface area contributed by atoms with Crippen molar-refractivity contribution in [3.05, 3.63) is 58.6 Å². The first-order valence-electron chi connectivity index (χ1n) is 7.54. The molecule has 1 amide bonds. The topological polar surface area (TPSA) is 62.4 Å². The Morgan fingerprint density at radius 2 is 1.81 bits per heavy atom. The molecule has 0 bridgehead atoms. The SMILES string of the molecule is COc1ccc(NC(=S)NC(NC(=O)c2cccc(Br)c2)C(Cl)(Cl)Cl)cc1. The number of thiocarbonyl (C=S) groups is 1. The van der Waals surface area contributed by atoms with E-state index in [1.165, 1.54) is 0 Å². The van der Waals surface area contributed by atoms with Gasteiger partial charge in [0.2, 0.25) is 3.79 Å². The van der Waals surface area contributed by atoms with Crippen molar-refractivity contribution in [1.82, 2.24) is 10.6 Å². The fraction of sp³-hybridized carbons (Fsp3) is 0.176. The molecule has 0 saturated heterocycles. The molecule has 0 aromatic heterocycles. The van der Waals surface area contributed by atoms with Gasteiger partial charge in [0.25, 0.3) is 5.91 Å². The Morgan fingerprint density at radius 3 is 2.37 bits per heavy atom. The molecule has 0 aliphatic rings. The second-order valence-corrected chi connectivity index (χ2v) is 8.98. The van der Waals surface area contributed by atoms with Crippen LogP contribution < -0.4 is 20.7 Å². The molecule has 0 spiro atoms. The molecule has 144 valence electrons. The largest absolute Gasteiger partial charge is 0.497 e. The van der Waals surface area contributed by atoms with Crippen LogP contribution in [0, 0.1) is 0 Å². The molecule has 0 saturated carbocycles. The molecule has 0 fully saturated rings. The van der Waals surface area contributed by atoms with E-state index in [2.05, 4.69) is 31.9 Å². The molecule has 0 radical (unpaired) electrons. The van der Waals surface area contributed by atoms with Gasteiger partial charge in [-0.1, -0.05) is 56.8 Å². The van der Waals surface area contributed by atoms with Crippen LogP contribution in [0.3, 0.4) is 0 Å². The molecule has 1 atom stereocenters. The van der Waals surface area contributed by atoms with Crippen molar-refractivity contribution in [1.29, 1.82) is 0 Å². The van der Waals surface area contributed by atoms with Crippen molar-refractivity contribution in [2.75, 3.05) is 12.4 Å².